The maximum atomic E-state index is 5.91. The number of unbranched alkanes of at least 4 members (excludes halogenated alkanes) is 1. The van der Waals surface area contributed by atoms with Gasteiger partial charge in [0.15, 0.2) is 0 Å². The summed E-state index contributed by atoms with van der Waals surface area (Å²) in [4.78, 5) is 4.28. The number of hydrogen-bond donors (Lipinski definition) is 1. The third-order valence-corrected chi connectivity index (χ3v) is 2.66. The number of pyridine rings is 1. The van der Waals surface area contributed by atoms with Crippen LogP contribution in [0.15, 0.2) is 30.5 Å². The predicted octanol–water partition coefficient (Wildman–Crippen LogP) is 3.16. The second-order valence-electron chi connectivity index (χ2n) is 3.86. The first-order valence-corrected chi connectivity index (χ1v) is 5.44. The molecule has 2 nitrogen and oxygen atoms in total. The Morgan fingerprint density at radius 2 is 2.13 bits per heavy atom. The molecule has 0 bridgehead atoms. The lowest BCUT2D eigenvalue weighted by Gasteiger charge is -2.04. The van der Waals surface area contributed by atoms with Crippen molar-refractivity contribution in [2.45, 2.75) is 26.2 Å². The first-order chi connectivity index (χ1) is 7.31. The first-order valence-electron chi connectivity index (χ1n) is 5.44. The van der Waals surface area contributed by atoms with Gasteiger partial charge in [-0.3, -0.25) is 4.98 Å². The fourth-order valence-electron chi connectivity index (χ4n) is 1.75. The zero-order valence-corrected chi connectivity index (χ0v) is 9.03. The average Bonchev–Trinajstić information content (AvgIpc) is 2.27. The maximum absolute atomic E-state index is 5.91. The largest absolute Gasteiger partial charge is 0.398 e. The van der Waals surface area contributed by atoms with Crippen molar-refractivity contribution in [3.05, 3.63) is 36.0 Å². The van der Waals surface area contributed by atoms with Crippen LogP contribution in [-0.2, 0) is 6.42 Å². The summed E-state index contributed by atoms with van der Waals surface area (Å²) in [5.74, 6) is 0. The van der Waals surface area contributed by atoms with E-state index in [1.165, 1.54) is 18.4 Å². The Morgan fingerprint density at radius 3 is 2.93 bits per heavy atom. The highest BCUT2D eigenvalue weighted by Crippen LogP contribution is 2.20. The van der Waals surface area contributed by atoms with Gasteiger partial charge in [-0.1, -0.05) is 19.4 Å². The number of hydrogen-bond acceptors (Lipinski definition) is 2. The lowest BCUT2D eigenvalue weighted by molar-refractivity contribution is 0.796. The predicted molar refractivity (Wildman–Crippen MR) is 64.8 cm³/mol. The summed E-state index contributed by atoms with van der Waals surface area (Å²) >= 11 is 0. The van der Waals surface area contributed by atoms with Crippen molar-refractivity contribution in [1.29, 1.82) is 0 Å². The van der Waals surface area contributed by atoms with Gasteiger partial charge in [-0.05, 0) is 36.6 Å². The third kappa shape index (κ3) is 2.09. The third-order valence-electron chi connectivity index (χ3n) is 2.66. The first kappa shape index (κ1) is 9.97. The van der Waals surface area contributed by atoms with Crippen LogP contribution in [0, 0.1) is 0 Å². The van der Waals surface area contributed by atoms with Crippen LogP contribution in [0.1, 0.15) is 25.3 Å². The summed E-state index contributed by atoms with van der Waals surface area (Å²) in [7, 11) is 0. The molecule has 0 amide bonds. The van der Waals surface area contributed by atoms with E-state index in [2.05, 4.69) is 30.1 Å². The number of benzene rings is 1. The molecule has 0 saturated carbocycles. The van der Waals surface area contributed by atoms with Crippen LogP contribution in [0.3, 0.4) is 0 Å². The molecule has 2 N–H and O–H groups in total. The molecule has 15 heavy (non-hydrogen) atoms. The molecular weight excluding hydrogens is 184 g/mol. The summed E-state index contributed by atoms with van der Waals surface area (Å²) in [6.07, 6.45) is 5.33. The normalized spacial score (nSPS) is 10.7. The van der Waals surface area contributed by atoms with E-state index in [1.54, 1.807) is 6.20 Å². The van der Waals surface area contributed by atoms with Gasteiger partial charge in [0.05, 0.1) is 5.52 Å². The van der Waals surface area contributed by atoms with Gasteiger partial charge in [-0.25, -0.2) is 0 Å². The van der Waals surface area contributed by atoms with E-state index in [9.17, 15) is 0 Å². The van der Waals surface area contributed by atoms with E-state index in [-0.39, 0.29) is 0 Å². The molecule has 0 spiro atoms. The number of anilines is 1. The molecule has 2 rings (SSSR count). The summed E-state index contributed by atoms with van der Waals surface area (Å²) in [6, 6.07) is 8.21. The van der Waals surface area contributed by atoms with E-state index in [4.69, 9.17) is 5.73 Å². The Kier molecular flexibility index (Phi) is 2.86. The Balaban J connectivity index is 2.41. The fraction of sp³-hybridized carbons (Fsp3) is 0.308. The van der Waals surface area contributed by atoms with Gasteiger partial charge in [0, 0.05) is 17.3 Å². The Hall–Kier alpha value is -1.57. The zero-order valence-electron chi connectivity index (χ0n) is 9.03. The smallest absolute Gasteiger partial charge is 0.0722 e. The molecule has 0 fully saturated rings. The van der Waals surface area contributed by atoms with Crippen LogP contribution >= 0.6 is 0 Å². The summed E-state index contributed by atoms with van der Waals surface area (Å²) in [5.41, 5.74) is 9.06. The zero-order chi connectivity index (χ0) is 10.7. The second-order valence-corrected chi connectivity index (χ2v) is 3.86. The van der Waals surface area contributed by atoms with E-state index in [0.29, 0.717) is 0 Å². The van der Waals surface area contributed by atoms with Crippen LogP contribution in [0.2, 0.25) is 0 Å². The molecular formula is C13H16N2. The Morgan fingerprint density at radius 1 is 1.27 bits per heavy atom. The number of nitrogens with two attached hydrogens (primary N) is 1. The number of fused-ring (bicyclic) bond motifs is 1. The molecule has 0 aliphatic rings. The van der Waals surface area contributed by atoms with Crippen molar-refractivity contribution in [3.63, 3.8) is 0 Å². The van der Waals surface area contributed by atoms with Crippen LogP contribution in [0.4, 0.5) is 5.69 Å². The van der Waals surface area contributed by atoms with Crippen molar-refractivity contribution < 1.29 is 0 Å². The van der Waals surface area contributed by atoms with Gasteiger partial charge < -0.3 is 5.73 Å². The summed E-state index contributed by atoms with van der Waals surface area (Å²) in [6.45, 7) is 2.21. The van der Waals surface area contributed by atoms with E-state index in [1.807, 2.05) is 6.07 Å². The van der Waals surface area contributed by atoms with E-state index < -0.39 is 0 Å². The fourth-order valence-corrected chi connectivity index (χ4v) is 1.75. The molecule has 1 aromatic heterocycles. The van der Waals surface area contributed by atoms with Gasteiger partial charge in [0.25, 0.3) is 0 Å². The average molecular weight is 200 g/mol. The van der Waals surface area contributed by atoms with Crippen molar-refractivity contribution in [2.75, 3.05) is 5.73 Å². The molecule has 0 unspecified atom stereocenters. The quantitative estimate of drug-likeness (QED) is 0.826. The van der Waals surface area contributed by atoms with Crippen LogP contribution in [-0.4, -0.2) is 4.98 Å². The molecule has 0 aliphatic heterocycles. The van der Waals surface area contributed by atoms with Crippen LogP contribution in [0.5, 0.6) is 0 Å². The standard InChI is InChI=1S/C13H16N2/c1-2-3-4-10-5-6-13-11(9-10)12(14)7-8-15-13/h5-9H,2-4H2,1H3,(H2,14,15). The maximum Gasteiger partial charge on any atom is 0.0722 e. The van der Waals surface area contributed by atoms with Crippen molar-refractivity contribution in [2.24, 2.45) is 0 Å². The highest BCUT2D eigenvalue weighted by atomic mass is 14.7. The monoisotopic (exact) mass is 200 g/mol. The van der Waals surface area contributed by atoms with Crippen molar-refractivity contribution in [3.8, 4) is 0 Å². The molecule has 1 aromatic carbocycles. The van der Waals surface area contributed by atoms with Crippen LogP contribution in [0.25, 0.3) is 10.9 Å². The van der Waals surface area contributed by atoms with Gasteiger partial charge in [0.1, 0.15) is 0 Å². The number of aryl methyl sites for hydroxylation is 1. The minimum atomic E-state index is 0.818. The second kappa shape index (κ2) is 4.30. The van der Waals surface area contributed by atoms with Crippen molar-refractivity contribution >= 4 is 16.6 Å². The molecule has 2 heteroatoms. The van der Waals surface area contributed by atoms with Gasteiger partial charge in [-0.2, -0.15) is 0 Å². The molecule has 78 valence electrons. The molecule has 0 saturated heterocycles. The van der Waals surface area contributed by atoms with Crippen molar-refractivity contribution in [1.82, 2.24) is 4.98 Å². The topological polar surface area (TPSA) is 38.9 Å². The van der Waals surface area contributed by atoms with Crippen LogP contribution < -0.4 is 5.73 Å². The van der Waals surface area contributed by atoms with Gasteiger partial charge in [0.2, 0.25) is 0 Å². The number of nitrogen functional groups attached to an aromatic ring is 1. The van der Waals surface area contributed by atoms with E-state index in [0.717, 1.165) is 23.0 Å². The molecule has 0 radical (unpaired) electrons. The minimum absolute atomic E-state index is 0.818. The Bertz CT molecular complexity index is 463. The molecule has 0 atom stereocenters. The molecule has 2 aromatic rings. The van der Waals surface area contributed by atoms with E-state index >= 15 is 0 Å². The number of nitrogens with zero attached hydrogens (tertiary/aromatic N) is 1. The summed E-state index contributed by atoms with van der Waals surface area (Å²) in [5, 5.41) is 1.08. The number of aromatic nitrogens is 1. The SMILES string of the molecule is CCCCc1ccc2nccc(N)c2c1. The highest BCUT2D eigenvalue weighted by Gasteiger charge is 2.00. The summed E-state index contributed by atoms with van der Waals surface area (Å²) < 4.78 is 0. The lowest BCUT2D eigenvalue weighted by atomic mass is 10.1. The van der Waals surface area contributed by atoms with Gasteiger partial charge in [-0.15, -0.1) is 0 Å². The molecule has 1 heterocycles. The highest BCUT2D eigenvalue weighted by molar-refractivity contribution is 5.90. The molecule has 0 aliphatic carbocycles. The lowest BCUT2D eigenvalue weighted by Crippen LogP contribution is -1.91. The Labute approximate surface area is 90.1 Å². The minimum Gasteiger partial charge on any atom is -0.398 e. The number of rotatable bonds is 3. The van der Waals surface area contributed by atoms with Gasteiger partial charge >= 0.3 is 0 Å².